The van der Waals surface area contributed by atoms with Crippen molar-refractivity contribution in [1.82, 2.24) is 14.9 Å². The lowest BCUT2D eigenvalue weighted by molar-refractivity contribution is -0.131. The van der Waals surface area contributed by atoms with E-state index >= 15 is 0 Å². The molecule has 7 heteroatoms. The molecule has 2 aliphatic heterocycles. The van der Waals surface area contributed by atoms with Crippen molar-refractivity contribution in [1.29, 1.82) is 0 Å². The first-order valence-corrected chi connectivity index (χ1v) is 12.0. The predicted octanol–water partition coefficient (Wildman–Crippen LogP) is 4.83. The quantitative estimate of drug-likeness (QED) is 0.546. The zero-order valence-corrected chi connectivity index (χ0v) is 19.5. The van der Waals surface area contributed by atoms with Gasteiger partial charge in [-0.25, -0.2) is 9.37 Å². The highest BCUT2D eigenvalue weighted by Crippen LogP contribution is 2.33. The molecule has 1 saturated heterocycles. The van der Waals surface area contributed by atoms with Gasteiger partial charge in [-0.15, -0.1) is 0 Å². The Labute approximate surface area is 199 Å². The number of ether oxygens (including phenoxy) is 1. The Balaban J connectivity index is 1.44. The van der Waals surface area contributed by atoms with E-state index in [4.69, 9.17) is 14.7 Å². The molecule has 0 unspecified atom stereocenters. The average molecular weight is 461 g/mol. The van der Waals surface area contributed by atoms with Gasteiger partial charge in [0.15, 0.2) is 0 Å². The lowest BCUT2D eigenvalue weighted by Gasteiger charge is -2.32. The molecule has 0 bridgehead atoms. The molecule has 1 fully saturated rings. The number of carbonyl (C=O) groups is 1. The second-order valence-corrected chi connectivity index (χ2v) is 9.04. The summed E-state index contributed by atoms with van der Waals surface area (Å²) >= 11 is 0. The fraction of sp³-hybridized carbons (Fsp3) is 0.370. The molecule has 0 atom stereocenters. The lowest BCUT2D eigenvalue weighted by atomic mass is 10.0. The van der Waals surface area contributed by atoms with Crippen molar-refractivity contribution in [3.05, 3.63) is 76.7 Å². The van der Waals surface area contributed by atoms with Gasteiger partial charge in [0.2, 0.25) is 17.7 Å². The molecule has 1 aromatic heterocycles. The normalized spacial score (nSPS) is 15.7. The number of hydrogen-bond acceptors (Lipinski definition) is 5. The Morgan fingerprint density at radius 3 is 2.59 bits per heavy atom. The highest BCUT2D eigenvalue weighted by Gasteiger charge is 2.28. The first-order valence-electron chi connectivity index (χ1n) is 12.0. The predicted molar refractivity (Wildman–Crippen MR) is 129 cm³/mol. The maximum Gasteiger partial charge on any atom is 0.229 e. The number of carbonyl (C=O) groups excluding carboxylic acids is 1. The van der Waals surface area contributed by atoms with Gasteiger partial charge in [-0.1, -0.05) is 30.3 Å². The van der Waals surface area contributed by atoms with E-state index in [1.807, 2.05) is 35.2 Å². The minimum absolute atomic E-state index is 0.0699. The molecule has 34 heavy (non-hydrogen) atoms. The van der Waals surface area contributed by atoms with Crippen LogP contribution in [0.15, 0.2) is 48.5 Å². The Bertz CT molecular complexity index is 1180. The van der Waals surface area contributed by atoms with Gasteiger partial charge in [0, 0.05) is 26.1 Å². The summed E-state index contributed by atoms with van der Waals surface area (Å²) in [6, 6.07) is 14.5. The molecule has 0 radical (unpaired) electrons. The number of anilines is 1. The zero-order valence-electron chi connectivity index (χ0n) is 19.5. The number of aromatic nitrogens is 2. The van der Waals surface area contributed by atoms with Gasteiger partial charge >= 0.3 is 0 Å². The average Bonchev–Trinajstić information content (AvgIpc) is 2.87. The van der Waals surface area contributed by atoms with E-state index < -0.39 is 0 Å². The Kier molecular flexibility index (Phi) is 6.43. The van der Waals surface area contributed by atoms with Crippen molar-refractivity contribution in [2.75, 3.05) is 24.5 Å². The Morgan fingerprint density at radius 2 is 1.82 bits per heavy atom. The standard InChI is InChI=1S/C27H29FN4O2/c1-19-16-21(10-11-23(19)28)34-26-22-18-32(25(33)17-20-8-4-2-5-9-20)15-12-24(22)29-27(30-26)31-13-6-3-7-14-31/h2,4-5,8-11,16H,3,6-7,12-15,17-18H2,1H3. The van der Waals surface area contributed by atoms with Crippen molar-refractivity contribution in [3.63, 3.8) is 0 Å². The third-order valence-corrected chi connectivity index (χ3v) is 6.54. The summed E-state index contributed by atoms with van der Waals surface area (Å²) in [7, 11) is 0. The number of amides is 1. The number of fused-ring (bicyclic) bond motifs is 1. The number of rotatable bonds is 5. The molecular weight excluding hydrogens is 431 g/mol. The van der Waals surface area contributed by atoms with Gasteiger partial charge in [0.1, 0.15) is 11.6 Å². The monoisotopic (exact) mass is 460 g/mol. The van der Waals surface area contributed by atoms with Crippen LogP contribution in [0.5, 0.6) is 11.6 Å². The van der Waals surface area contributed by atoms with E-state index in [1.165, 1.54) is 12.5 Å². The van der Waals surface area contributed by atoms with Crippen molar-refractivity contribution in [2.45, 2.75) is 45.6 Å². The summed E-state index contributed by atoms with van der Waals surface area (Å²) in [5.74, 6) is 1.45. The molecule has 0 aliphatic carbocycles. The molecular formula is C27H29FN4O2. The highest BCUT2D eigenvalue weighted by molar-refractivity contribution is 5.79. The van der Waals surface area contributed by atoms with Crippen LogP contribution in [0.4, 0.5) is 10.3 Å². The maximum absolute atomic E-state index is 13.8. The molecule has 0 saturated carbocycles. The van der Waals surface area contributed by atoms with Gasteiger partial charge in [0.05, 0.1) is 24.2 Å². The van der Waals surface area contributed by atoms with Crippen LogP contribution in [0.3, 0.4) is 0 Å². The van der Waals surface area contributed by atoms with Crippen molar-refractivity contribution in [2.24, 2.45) is 0 Å². The Hall–Kier alpha value is -3.48. The highest BCUT2D eigenvalue weighted by atomic mass is 19.1. The van der Waals surface area contributed by atoms with Crippen LogP contribution >= 0.6 is 0 Å². The van der Waals surface area contributed by atoms with E-state index in [0.29, 0.717) is 49.1 Å². The summed E-state index contributed by atoms with van der Waals surface area (Å²) < 4.78 is 20.0. The van der Waals surface area contributed by atoms with Gasteiger partial charge < -0.3 is 14.5 Å². The van der Waals surface area contributed by atoms with Crippen LogP contribution in [0.1, 0.15) is 41.6 Å². The van der Waals surface area contributed by atoms with Crippen LogP contribution in [0, 0.1) is 12.7 Å². The smallest absolute Gasteiger partial charge is 0.229 e. The molecule has 5 rings (SSSR count). The SMILES string of the molecule is Cc1cc(Oc2nc(N3CCCCC3)nc3c2CN(C(=O)Cc2ccccc2)CC3)ccc1F. The van der Waals surface area contributed by atoms with Gasteiger partial charge in [-0.3, -0.25) is 4.79 Å². The van der Waals surface area contributed by atoms with Crippen LogP contribution in [-0.4, -0.2) is 40.4 Å². The number of benzene rings is 2. The fourth-order valence-corrected chi connectivity index (χ4v) is 4.58. The molecule has 2 aromatic carbocycles. The maximum atomic E-state index is 13.8. The van der Waals surface area contributed by atoms with Crippen molar-refractivity contribution < 1.29 is 13.9 Å². The summed E-state index contributed by atoms with van der Waals surface area (Å²) in [5.41, 5.74) is 3.26. The van der Waals surface area contributed by atoms with Crippen molar-refractivity contribution in [3.8, 4) is 11.6 Å². The van der Waals surface area contributed by atoms with Crippen LogP contribution in [-0.2, 0) is 24.2 Å². The number of piperidine rings is 1. The topological polar surface area (TPSA) is 58.6 Å². The molecule has 2 aliphatic rings. The van der Waals surface area contributed by atoms with Crippen LogP contribution in [0.2, 0.25) is 0 Å². The van der Waals surface area contributed by atoms with Gasteiger partial charge in [-0.2, -0.15) is 4.98 Å². The number of aryl methyl sites for hydroxylation is 1. The molecule has 3 aromatic rings. The number of halogens is 1. The third-order valence-electron chi connectivity index (χ3n) is 6.54. The molecule has 0 N–H and O–H groups in total. The van der Waals surface area contributed by atoms with E-state index in [-0.39, 0.29) is 11.7 Å². The van der Waals surface area contributed by atoms with E-state index in [2.05, 4.69) is 4.90 Å². The molecule has 176 valence electrons. The molecule has 0 spiro atoms. The van der Waals surface area contributed by atoms with Crippen LogP contribution < -0.4 is 9.64 Å². The summed E-state index contributed by atoms with van der Waals surface area (Å²) in [6.07, 6.45) is 4.47. The van der Waals surface area contributed by atoms with Crippen LogP contribution in [0.25, 0.3) is 0 Å². The minimum Gasteiger partial charge on any atom is -0.438 e. The molecule has 3 heterocycles. The molecule has 1 amide bonds. The fourth-order valence-electron chi connectivity index (χ4n) is 4.58. The van der Waals surface area contributed by atoms with Gasteiger partial charge in [0.25, 0.3) is 0 Å². The largest absolute Gasteiger partial charge is 0.438 e. The van der Waals surface area contributed by atoms with E-state index in [0.717, 1.165) is 42.8 Å². The second kappa shape index (κ2) is 9.79. The summed E-state index contributed by atoms with van der Waals surface area (Å²) in [4.78, 5) is 26.8. The van der Waals surface area contributed by atoms with E-state index in [9.17, 15) is 9.18 Å². The first-order chi connectivity index (χ1) is 16.6. The summed E-state index contributed by atoms with van der Waals surface area (Å²) in [5, 5.41) is 0. The zero-order chi connectivity index (χ0) is 23.5. The second-order valence-electron chi connectivity index (χ2n) is 9.04. The van der Waals surface area contributed by atoms with Gasteiger partial charge in [-0.05, 0) is 55.5 Å². The van der Waals surface area contributed by atoms with Crippen molar-refractivity contribution >= 4 is 11.9 Å². The minimum atomic E-state index is -0.274. The summed E-state index contributed by atoms with van der Waals surface area (Å²) in [6.45, 7) is 4.58. The third kappa shape index (κ3) is 4.88. The first kappa shape index (κ1) is 22.3. The number of hydrogen-bond donors (Lipinski definition) is 0. The number of nitrogens with zero attached hydrogens (tertiary/aromatic N) is 4. The Morgan fingerprint density at radius 1 is 1.03 bits per heavy atom. The lowest BCUT2D eigenvalue weighted by Crippen LogP contribution is -2.38. The molecule has 6 nitrogen and oxygen atoms in total. The van der Waals surface area contributed by atoms with E-state index in [1.54, 1.807) is 19.1 Å².